The number of hydrogen-bond donors (Lipinski definition) is 1. The second-order valence-electron chi connectivity index (χ2n) is 2.21. The van der Waals surface area contributed by atoms with E-state index in [0.717, 1.165) is 0 Å². The number of aliphatic hydroxyl groups excluding tert-OH is 1. The van der Waals surface area contributed by atoms with Gasteiger partial charge in [0, 0.05) is 0 Å². The van der Waals surface area contributed by atoms with Gasteiger partial charge in [-0.1, -0.05) is 38.5 Å². The Morgan fingerprint density at radius 2 is 1.00 bits per heavy atom. The molecule has 0 bridgehead atoms. The van der Waals surface area contributed by atoms with Crippen LogP contribution in [0.25, 0.3) is 0 Å². The molecule has 1 rings (SSSR count). The fraction of sp³-hybridized carbons (Fsp3) is 0.857. The molecule has 1 N–H and O–H groups in total. The fourth-order valence-electron chi connectivity index (χ4n) is 1.06. The van der Waals surface area contributed by atoms with E-state index in [1.165, 1.54) is 38.5 Å². The molecule has 0 aromatic heterocycles. The molecule has 9 heavy (non-hydrogen) atoms. The van der Waals surface area contributed by atoms with E-state index < -0.39 is 0 Å². The van der Waals surface area contributed by atoms with E-state index in [-0.39, 0.29) is 0 Å². The topological polar surface area (TPSA) is 37.3 Å². The third-order valence-electron chi connectivity index (χ3n) is 1.50. The average molecular weight is 129 g/mol. The first-order valence-electron chi connectivity index (χ1n) is 3.43. The maximum absolute atomic E-state index is 8.24. The highest BCUT2D eigenvalue weighted by Gasteiger charge is 1.95. The molecule has 2 heteroatoms. The van der Waals surface area contributed by atoms with Crippen LogP contribution in [0.1, 0.15) is 38.5 Å². The van der Waals surface area contributed by atoms with Crippen molar-refractivity contribution in [2.75, 3.05) is 0 Å². The molecule has 2 nitrogen and oxygen atoms in total. The molecule has 53 valence electrons. The van der Waals surface area contributed by atoms with Crippen molar-refractivity contribution in [2.45, 2.75) is 38.5 Å². The quantitative estimate of drug-likeness (QED) is 0.542. The van der Waals surface area contributed by atoms with Crippen LogP contribution in [0.4, 0.5) is 0 Å². The van der Waals surface area contributed by atoms with Gasteiger partial charge in [0.2, 0.25) is 0 Å². The molecule has 0 aromatic rings. The summed E-state index contributed by atoms with van der Waals surface area (Å²) in [5.74, 6) is 0. The standard InChI is InChI=1S/C6H12.CHO2/c1-2-4-6-5-3-1;2-1-3/h1-6H2;(H,2,3). The lowest BCUT2D eigenvalue weighted by Gasteiger charge is -2.05. The molecule has 0 heterocycles. The molecule has 1 radical (unpaired) electrons. The Morgan fingerprint density at radius 3 is 1.11 bits per heavy atom. The van der Waals surface area contributed by atoms with E-state index in [9.17, 15) is 0 Å². The van der Waals surface area contributed by atoms with Crippen molar-refractivity contribution in [3.63, 3.8) is 0 Å². The summed E-state index contributed by atoms with van der Waals surface area (Å²) in [6, 6.07) is 0. The fourth-order valence-corrected chi connectivity index (χ4v) is 1.06. The summed E-state index contributed by atoms with van der Waals surface area (Å²) in [4.78, 5) is 8.24. The van der Waals surface area contributed by atoms with Gasteiger partial charge in [-0.05, 0) is 0 Å². The summed E-state index contributed by atoms with van der Waals surface area (Å²) >= 11 is 0. The van der Waals surface area contributed by atoms with E-state index in [0.29, 0.717) is 6.47 Å². The molecular weight excluding hydrogens is 116 g/mol. The monoisotopic (exact) mass is 129 g/mol. The molecule has 0 atom stereocenters. The van der Waals surface area contributed by atoms with Gasteiger partial charge in [0.1, 0.15) is 0 Å². The van der Waals surface area contributed by atoms with E-state index in [2.05, 4.69) is 0 Å². The van der Waals surface area contributed by atoms with Crippen molar-refractivity contribution >= 4 is 6.47 Å². The summed E-state index contributed by atoms with van der Waals surface area (Å²) in [5.41, 5.74) is 0. The molecule has 1 fully saturated rings. The Labute approximate surface area is 55.9 Å². The second-order valence-corrected chi connectivity index (χ2v) is 2.21. The predicted octanol–water partition coefficient (Wildman–Crippen LogP) is 1.95. The van der Waals surface area contributed by atoms with Crippen molar-refractivity contribution in [3.05, 3.63) is 0 Å². The van der Waals surface area contributed by atoms with Crippen LogP contribution in [0.3, 0.4) is 0 Å². The van der Waals surface area contributed by atoms with Gasteiger partial charge < -0.3 is 5.11 Å². The van der Waals surface area contributed by atoms with Crippen LogP contribution in [-0.4, -0.2) is 11.6 Å². The molecule has 0 saturated heterocycles. The first kappa shape index (κ1) is 8.47. The Bertz CT molecular complexity index is 46.4. The molecule has 1 aliphatic rings. The smallest absolute Gasteiger partial charge is 0.414 e. The summed E-state index contributed by atoms with van der Waals surface area (Å²) in [5, 5.41) is 6.76. The normalized spacial score (nSPS) is 17.3. The minimum atomic E-state index is 0.500. The predicted molar refractivity (Wildman–Crippen MR) is 36.0 cm³/mol. The first-order valence-corrected chi connectivity index (χ1v) is 3.43. The SMILES string of the molecule is C1CCCCC1.O=[C]O. The highest BCUT2D eigenvalue weighted by molar-refractivity contribution is 5.34. The van der Waals surface area contributed by atoms with Gasteiger partial charge in [0.25, 0.3) is 0 Å². The van der Waals surface area contributed by atoms with E-state index >= 15 is 0 Å². The lowest BCUT2D eigenvalue weighted by atomic mass is 10.0. The van der Waals surface area contributed by atoms with E-state index in [1.54, 1.807) is 0 Å². The van der Waals surface area contributed by atoms with Crippen molar-refractivity contribution in [3.8, 4) is 0 Å². The van der Waals surface area contributed by atoms with Gasteiger partial charge in [-0.25, -0.2) is 4.79 Å². The van der Waals surface area contributed by atoms with Crippen LogP contribution in [0, 0.1) is 0 Å². The minimum absolute atomic E-state index is 0.500. The van der Waals surface area contributed by atoms with Crippen LogP contribution < -0.4 is 0 Å². The molecular formula is C7H13O2. The largest absolute Gasteiger partial charge is 0.473 e. The van der Waals surface area contributed by atoms with Crippen molar-refractivity contribution in [1.29, 1.82) is 0 Å². The number of hydrogen-bond acceptors (Lipinski definition) is 1. The van der Waals surface area contributed by atoms with E-state index in [1.807, 2.05) is 0 Å². The molecule has 0 amide bonds. The first-order chi connectivity index (χ1) is 4.41. The van der Waals surface area contributed by atoms with Crippen LogP contribution >= 0.6 is 0 Å². The zero-order chi connectivity index (χ0) is 6.95. The van der Waals surface area contributed by atoms with Crippen LogP contribution in [0.5, 0.6) is 0 Å². The summed E-state index contributed by atoms with van der Waals surface area (Å²) in [6.45, 7) is 0.500. The Hall–Kier alpha value is -0.530. The summed E-state index contributed by atoms with van der Waals surface area (Å²) in [7, 11) is 0. The van der Waals surface area contributed by atoms with Gasteiger partial charge in [-0.15, -0.1) is 0 Å². The van der Waals surface area contributed by atoms with Gasteiger partial charge in [0.15, 0.2) is 0 Å². The van der Waals surface area contributed by atoms with Crippen molar-refractivity contribution < 1.29 is 9.90 Å². The second kappa shape index (κ2) is 7.47. The van der Waals surface area contributed by atoms with Gasteiger partial charge in [-0.2, -0.15) is 0 Å². The molecule has 1 saturated carbocycles. The number of rotatable bonds is 0. The lowest BCUT2D eigenvalue weighted by molar-refractivity contribution is 0.437. The molecule has 0 unspecified atom stereocenters. The van der Waals surface area contributed by atoms with Crippen LogP contribution in [-0.2, 0) is 4.79 Å². The third kappa shape index (κ3) is 7.47. The highest BCUT2D eigenvalue weighted by Crippen LogP contribution is 2.15. The summed E-state index contributed by atoms with van der Waals surface area (Å²) in [6.07, 6.45) is 9.00. The molecule has 0 spiro atoms. The lowest BCUT2D eigenvalue weighted by Crippen LogP contribution is -1.85. The van der Waals surface area contributed by atoms with Crippen molar-refractivity contribution in [1.82, 2.24) is 0 Å². The molecule has 0 aliphatic heterocycles. The van der Waals surface area contributed by atoms with Crippen LogP contribution in [0.15, 0.2) is 0 Å². The Balaban J connectivity index is 0.000000187. The zero-order valence-corrected chi connectivity index (χ0v) is 5.60. The maximum Gasteiger partial charge on any atom is 0.414 e. The van der Waals surface area contributed by atoms with Gasteiger partial charge in [0.05, 0.1) is 0 Å². The zero-order valence-electron chi connectivity index (χ0n) is 5.60. The molecule has 1 aliphatic carbocycles. The Kier molecular flexibility index (Phi) is 7.03. The highest BCUT2D eigenvalue weighted by atomic mass is 16.3. The third-order valence-corrected chi connectivity index (χ3v) is 1.50. The average Bonchev–Trinajstić information content (AvgIpc) is 1.93. The summed E-state index contributed by atoms with van der Waals surface area (Å²) < 4.78 is 0. The van der Waals surface area contributed by atoms with E-state index in [4.69, 9.17) is 9.90 Å². The molecule has 0 aromatic carbocycles. The van der Waals surface area contributed by atoms with Gasteiger partial charge >= 0.3 is 6.47 Å². The Morgan fingerprint density at radius 1 is 0.889 bits per heavy atom. The van der Waals surface area contributed by atoms with Crippen LogP contribution in [0.2, 0.25) is 0 Å². The minimum Gasteiger partial charge on any atom is -0.473 e. The maximum atomic E-state index is 8.24. The van der Waals surface area contributed by atoms with Crippen molar-refractivity contribution in [2.24, 2.45) is 0 Å². The van der Waals surface area contributed by atoms with Gasteiger partial charge in [-0.3, -0.25) is 0 Å².